The van der Waals surface area contributed by atoms with Crippen LogP contribution in [0.25, 0.3) is 0 Å². The van der Waals surface area contributed by atoms with Crippen LogP contribution in [-0.4, -0.2) is 39.1 Å². The van der Waals surface area contributed by atoms with Crippen molar-refractivity contribution in [3.05, 3.63) is 29.6 Å². The molecule has 1 aliphatic heterocycles. The van der Waals surface area contributed by atoms with Gasteiger partial charge in [-0.05, 0) is 44.6 Å². The molecule has 1 aromatic rings. The number of carbonyl (C=O) groups excluding carboxylic acids is 2. The highest BCUT2D eigenvalue weighted by atomic mass is 16.2. The van der Waals surface area contributed by atoms with Gasteiger partial charge in [0.2, 0.25) is 11.8 Å². The van der Waals surface area contributed by atoms with Crippen molar-refractivity contribution in [1.29, 1.82) is 0 Å². The summed E-state index contributed by atoms with van der Waals surface area (Å²) in [5.41, 5.74) is 2.06. The van der Waals surface area contributed by atoms with Gasteiger partial charge >= 0.3 is 0 Å². The van der Waals surface area contributed by atoms with Crippen molar-refractivity contribution in [2.45, 2.75) is 70.5 Å². The first-order valence-electron chi connectivity index (χ1n) is 9.98. The third-order valence-corrected chi connectivity index (χ3v) is 5.55. The minimum absolute atomic E-state index is 0.123. The lowest BCUT2D eigenvalue weighted by molar-refractivity contribution is -0.136. The molecule has 0 spiro atoms. The van der Waals surface area contributed by atoms with Crippen LogP contribution < -0.4 is 5.32 Å². The number of rotatable bonds is 5. The molecule has 6 nitrogen and oxygen atoms in total. The van der Waals surface area contributed by atoms with Gasteiger partial charge in [-0.2, -0.15) is 5.10 Å². The van der Waals surface area contributed by atoms with Crippen molar-refractivity contribution in [2.75, 3.05) is 6.54 Å². The highest BCUT2D eigenvalue weighted by Gasteiger charge is 2.27. The fourth-order valence-electron chi connectivity index (χ4n) is 3.88. The van der Waals surface area contributed by atoms with E-state index in [4.69, 9.17) is 0 Å². The first-order chi connectivity index (χ1) is 12.7. The number of hydrogen-bond donors (Lipinski definition) is 1. The first kappa shape index (κ1) is 17.3. The molecule has 1 N–H and O–H groups in total. The van der Waals surface area contributed by atoms with Crippen LogP contribution in [0.2, 0.25) is 0 Å². The lowest BCUT2D eigenvalue weighted by Gasteiger charge is -2.26. The van der Waals surface area contributed by atoms with E-state index in [1.807, 2.05) is 9.58 Å². The van der Waals surface area contributed by atoms with Gasteiger partial charge in [-0.25, -0.2) is 0 Å². The second-order valence-electron chi connectivity index (χ2n) is 7.79. The van der Waals surface area contributed by atoms with Gasteiger partial charge in [-0.1, -0.05) is 12.2 Å². The zero-order chi connectivity index (χ0) is 17.9. The van der Waals surface area contributed by atoms with Crippen molar-refractivity contribution >= 4 is 11.8 Å². The summed E-state index contributed by atoms with van der Waals surface area (Å²) in [5, 5.41) is 7.69. The molecular formula is C20H28N4O2. The standard InChI is InChI=1S/C20H28N4O2/c25-19(21-16-7-8-16)10-9-17-13-18-14-23(11-4-12-24(18)22-17)20(26)15-5-2-1-3-6-15/h1-2,13,15-16H,3-12,14H2,(H,21,25). The zero-order valence-corrected chi connectivity index (χ0v) is 15.3. The summed E-state index contributed by atoms with van der Waals surface area (Å²) in [4.78, 5) is 26.7. The minimum atomic E-state index is 0.123. The molecule has 1 aromatic heterocycles. The lowest BCUT2D eigenvalue weighted by atomic mass is 9.93. The SMILES string of the molecule is O=C(CCc1cc2n(n1)CCCN(C(=O)C1CC=CCC1)C2)NC1CC1. The number of amides is 2. The largest absolute Gasteiger partial charge is 0.353 e. The van der Waals surface area contributed by atoms with E-state index in [9.17, 15) is 9.59 Å². The maximum Gasteiger partial charge on any atom is 0.226 e. The zero-order valence-electron chi connectivity index (χ0n) is 15.3. The van der Waals surface area contributed by atoms with Gasteiger partial charge in [0.25, 0.3) is 0 Å². The van der Waals surface area contributed by atoms with E-state index in [-0.39, 0.29) is 17.7 Å². The number of aryl methyl sites for hydroxylation is 2. The predicted molar refractivity (Wildman–Crippen MR) is 98.2 cm³/mol. The number of fused-ring (bicyclic) bond motifs is 1. The molecule has 1 saturated carbocycles. The van der Waals surface area contributed by atoms with E-state index in [0.29, 0.717) is 25.4 Å². The number of allylic oxidation sites excluding steroid dienone is 2. The van der Waals surface area contributed by atoms with E-state index in [0.717, 1.165) is 63.0 Å². The topological polar surface area (TPSA) is 67.2 Å². The van der Waals surface area contributed by atoms with E-state index in [2.05, 4.69) is 28.6 Å². The molecule has 2 aliphatic carbocycles. The maximum atomic E-state index is 12.9. The number of hydrogen-bond acceptors (Lipinski definition) is 3. The average Bonchev–Trinajstić information content (AvgIpc) is 3.42. The Morgan fingerprint density at radius 3 is 2.85 bits per heavy atom. The summed E-state index contributed by atoms with van der Waals surface area (Å²) in [6, 6.07) is 2.49. The minimum Gasteiger partial charge on any atom is -0.353 e. The average molecular weight is 356 g/mol. The second-order valence-corrected chi connectivity index (χ2v) is 7.79. The number of aromatic nitrogens is 2. The van der Waals surface area contributed by atoms with E-state index in [1.54, 1.807) is 0 Å². The molecule has 1 atom stereocenters. The Bertz CT molecular complexity index is 705. The molecule has 4 rings (SSSR count). The van der Waals surface area contributed by atoms with E-state index >= 15 is 0 Å². The predicted octanol–water partition coefficient (Wildman–Crippen LogP) is 2.18. The molecule has 140 valence electrons. The molecular weight excluding hydrogens is 328 g/mol. The molecule has 6 heteroatoms. The van der Waals surface area contributed by atoms with E-state index < -0.39 is 0 Å². The summed E-state index contributed by atoms with van der Waals surface area (Å²) in [5.74, 6) is 0.548. The van der Waals surface area contributed by atoms with Crippen LogP contribution in [0.4, 0.5) is 0 Å². The van der Waals surface area contributed by atoms with Crippen molar-refractivity contribution in [3.63, 3.8) is 0 Å². The van der Waals surface area contributed by atoms with Gasteiger partial charge in [0.05, 0.1) is 17.9 Å². The Kier molecular flexibility index (Phi) is 5.09. The van der Waals surface area contributed by atoms with Crippen molar-refractivity contribution < 1.29 is 9.59 Å². The second kappa shape index (κ2) is 7.64. The monoisotopic (exact) mass is 356 g/mol. The van der Waals surface area contributed by atoms with Crippen LogP contribution in [-0.2, 0) is 29.1 Å². The third kappa shape index (κ3) is 4.17. The number of carbonyl (C=O) groups is 2. The summed E-state index contributed by atoms with van der Waals surface area (Å²) in [6.45, 7) is 2.29. The Morgan fingerprint density at radius 2 is 2.08 bits per heavy atom. The summed E-state index contributed by atoms with van der Waals surface area (Å²) >= 11 is 0. The van der Waals surface area contributed by atoms with Crippen LogP contribution in [0.3, 0.4) is 0 Å². The molecule has 0 bridgehead atoms. The summed E-state index contributed by atoms with van der Waals surface area (Å²) in [6.07, 6.45) is 11.5. The molecule has 0 saturated heterocycles. The molecule has 0 radical (unpaired) electrons. The van der Waals surface area contributed by atoms with Gasteiger partial charge < -0.3 is 10.2 Å². The van der Waals surface area contributed by atoms with Crippen LogP contribution in [0.5, 0.6) is 0 Å². The number of nitrogens with one attached hydrogen (secondary N) is 1. The van der Waals surface area contributed by atoms with Gasteiger partial charge in [-0.15, -0.1) is 0 Å². The van der Waals surface area contributed by atoms with Crippen LogP contribution in [0.1, 0.15) is 56.3 Å². The normalized spacial score (nSPS) is 22.6. The molecule has 1 unspecified atom stereocenters. The van der Waals surface area contributed by atoms with Gasteiger partial charge in [0.15, 0.2) is 0 Å². The molecule has 1 fully saturated rings. The molecule has 26 heavy (non-hydrogen) atoms. The highest BCUT2D eigenvalue weighted by Crippen LogP contribution is 2.23. The van der Waals surface area contributed by atoms with Crippen molar-refractivity contribution in [3.8, 4) is 0 Å². The Labute approximate surface area is 154 Å². The fraction of sp³-hybridized carbons (Fsp3) is 0.650. The maximum absolute atomic E-state index is 12.9. The smallest absolute Gasteiger partial charge is 0.226 e. The molecule has 2 amide bonds. The van der Waals surface area contributed by atoms with Gasteiger partial charge in [-0.3, -0.25) is 14.3 Å². The molecule has 2 heterocycles. The van der Waals surface area contributed by atoms with Gasteiger partial charge in [0, 0.05) is 37.9 Å². The summed E-state index contributed by atoms with van der Waals surface area (Å²) in [7, 11) is 0. The van der Waals surface area contributed by atoms with E-state index in [1.165, 1.54) is 0 Å². The van der Waals surface area contributed by atoms with Crippen LogP contribution in [0, 0.1) is 5.92 Å². The lowest BCUT2D eigenvalue weighted by Crippen LogP contribution is -2.36. The Balaban J connectivity index is 1.36. The highest BCUT2D eigenvalue weighted by molar-refractivity contribution is 5.79. The molecule has 0 aromatic carbocycles. The third-order valence-electron chi connectivity index (χ3n) is 5.55. The van der Waals surface area contributed by atoms with Crippen LogP contribution >= 0.6 is 0 Å². The quantitative estimate of drug-likeness (QED) is 0.823. The summed E-state index contributed by atoms with van der Waals surface area (Å²) < 4.78 is 2.03. The fourth-order valence-corrected chi connectivity index (χ4v) is 3.88. The first-order valence-corrected chi connectivity index (χ1v) is 9.98. The Morgan fingerprint density at radius 1 is 1.19 bits per heavy atom. The van der Waals surface area contributed by atoms with Gasteiger partial charge in [0.1, 0.15) is 0 Å². The van der Waals surface area contributed by atoms with Crippen molar-refractivity contribution in [1.82, 2.24) is 20.0 Å². The van der Waals surface area contributed by atoms with Crippen molar-refractivity contribution in [2.24, 2.45) is 5.92 Å². The number of nitrogens with zero attached hydrogens (tertiary/aromatic N) is 3. The molecule has 3 aliphatic rings. The van der Waals surface area contributed by atoms with Crippen LogP contribution in [0.15, 0.2) is 18.2 Å². The Hall–Kier alpha value is -2.11.